The molecule has 3 rings (SSSR count). The van der Waals surface area contributed by atoms with Gasteiger partial charge in [-0.3, -0.25) is 0 Å². The first-order valence-electron chi connectivity index (χ1n) is 6.31. The Morgan fingerprint density at radius 2 is 1.91 bits per heavy atom. The van der Waals surface area contributed by atoms with Gasteiger partial charge < -0.3 is 15.3 Å². The van der Waals surface area contributed by atoms with E-state index in [1.165, 1.54) is 11.3 Å². The van der Waals surface area contributed by atoms with Crippen molar-refractivity contribution < 1.29 is 27.1 Å². The summed E-state index contributed by atoms with van der Waals surface area (Å²) in [6.45, 7) is 0. The minimum atomic E-state index is -4.65. The molecule has 23 heavy (non-hydrogen) atoms. The van der Waals surface area contributed by atoms with Crippen LogP contribution in [0.5, 0.6) is 5.75 Å². The van der Waals surface area contributed by atoms with Gasteiger partial charge in [-0.05, 0) is 29.6 Å². The van der Waals surface area contributed by atoms with Gasteiger partial charge >= 0.3 is 6.18 Å². The summed E-state index contributed by atoms with van der Waals surface area (Å²) in [5, 5.41) is 12.0. The quantitative estimate of drug-likeness (QED) is 0.635. The van der Waals surface area contributed by atoms with Crippen LogP contribution in [-0.4, -0.2) is 5.11 Å². The van der Waals surface area contributed by atoms with E-state index in [4.69, 9.17) is 10.2 Å². The lowest BCUT2D eigenvalue weighted by Crippen LogP contribution is -2.05. The predicted molar refractivity (Wildman–Crippen MR) is 78.5 cm³/mol. The molecule has 3 aromatic rings. The van der Waals surface area contributed by atoms with E-state index in [-0.39, 0.29) is 17.2 Å². The highest BCUT2D eigenvalue weighted by Gasteiger charge is 2.32. The Labute approximate surface area is 131 Å². The summed E-state index contributed by atoms with van der Waals surface area (Å²) in [5.41, 5.74) is 3.82. The van der Waals surface area contributed by atoms with Crippen LogP contribution in [0.25, 0.3) is 21.8 Å². The molecule has 1 aromatic carbocycles. The van der Waals surface area contributed by atoms with Crippen LogP contribution in [0.3, 0.4) is 0 Å². The minimum absolute atomic E-state index is 0.00990. The molecule has 0 unspecified atom stereocenters. The Bertz CT molecular complexity index is 853. The van der Waals surface area contributed by atoms with Gasteiger partial charge in [0.15, 0.2) is 11.5 Å². The number of thiophene rings is 1. The lowest BCUT2D eigenvalue weighted by atomic mass is 10.0. The number of hydrogen-bond donors (Lipinski definition) is 2. The zero-order valence-electron chi connectivity index (χ0n) is 11.3. The molecule has 0 amide bonds. The number of anilines is 1. The van der Waals surface area contributed by atoms with Crippen LogP contribution >= 0.6 is 11.3 Å². The predicted octanol–water partition coefficient (Wildman–Crippen LogP) is 5.12. The number of furan rings is 1. The summed E-state index contributed by atoms with van der Waals surface area (Å²) in [4.78, 5) is 0.521. The largest absolute Gasteiger partial charge is 0.504 e. The number of rotatable bonds is 2. The third kappa shape index (κ3) is 2.65. The monoisotopic (exact) mass is 343 g/mol. The summed E-state index contributed by atoms with van der Waals surface area (Å²) >= 11 is 1.24. The van der Waals surface area contributed by atoms with Gasteiger partial charge in [0, 0.05) is 5.56 Å². The zero-order chi connectivity index (χ0) is 16.8. The second-order valence-corrected chi connectivity index (χ2v) is 5.64. The van der Waals surface area contributed by atoms with E-state index in [0.29, 0.717) is 23.1 Å². The topological polar surface area (TPSA) is 59.4 Å². The van der Waals surface area contributed by atoms with Crippen LogP contribution in [0.15, 0.2) is 40.1 Å². The smallest absolute Gasteiger partial charge is 0.416 e. The number of aromatic hydroxyl groups is 1. The molecule has 0 saturated heterocycles. The Hall–Kier alpha value is -2.48. The Balaban J connectivity index is 2.20. The summed E-state index contributed by atoms with van der Waals surface area (Å²) in [6, 6.07) is 5.22. The highest BCUT2D eigenvalue weighted by molar-refractivity contribution is 7.13. The van der Waals surface area contributed by atoms with Crippen LogP contribution < -0.4 is 5.73 Å². The van der Waals surface area contributed by atoms with Crippen molar-refractivity contribution in [1.29, 1.82) is 0 Å². The summed E-state index contributed by atoms with van der Waals surface area (Å²) in [7, 11) is 0. The molecule has 8 heteroatoms. The van der Waals surface area contributed by atoms with Crippen molar-refractivity contribution in [3.05, 3.63) is 47.1 Å². The van der Waals surface area contributed by atoms with Crippen molar-refractivity contribution in [2.75, 3.05) is 5.73 Å². The van der Waals surface area contributed by atoms with E-state index in [1.807, 2.05) is 0 Å². The van der Waals surface area contributed by atoms with Crippen LogP contribution in [0.1, 0.15) is 5.56 Å². The maximum atomic E-state index is 14.0. The van der Waals surface area contributed by atoms with E-state index in [0.717, 1.165) is 0 Å². The average Bonchev–Trinajstić information content (AvgIpc) is 3.07. The third-order valence-corrected chi connectivity index (χ3v) is 4.09. The summed E-state index contributed by atoms with van der Waals surface area (Å²) in [5.74, 6) is -1.81. The molecule has 0 aliphatic rings. The standard InChI is InChI=1S/C15H9F4NO2S/c16-9-4-3-7(15(17,18)19)6-8(9)11-12(21)13(22-14(11)20)10-2-1-5-23-10/h1-6,21H,20H2. The van der Waals surface area contributed by atoms with Crippen molar-refractivity contribution >= 4 is 17.2 Å². The van der Waals surface area contributed by atoms with Crippen LogP contribution in [0.4, 0.5) is 23.4 Å². The lowest BCUT2D eigenvalue weighted by Gasteiger charge is -2.09. The molecule has 2 heterocycles. The molecule has 0 spiro atoms. The van der Waals surface area contributed by atoms with Gasteiger partial charge in [-0.1, -0.05) is 6.07 Å². The number of nitrogens with two attached hydrogens (primary N) is 1. The third-order valence-electron chi connectivity index (χ3n) is 3.22. The Morgan fingerprint density at radius 1 is 1.17 bits per heavy atom. The fraction of sp³-hybridized carbons (Fsp3) is 0.0667. The first kappa shape index (κ1) is 15.4. The molecule has 3 nitrogen and oxygen atoms in total. The maximum Gasteiger partial charge on any atom is 0.416 e. The molecule has 120 valence electrons. The first-order valence-corrected chi connectivity index (χ1v) is 7.19. The van der Waals surface area contributed by atoms with Crippen molar-refractivity contribution in [2.24, 2.45) is 0 Å². The average molecular weight is 343 g/mol. The van der Waals surface area contributed by atoms with Crippen molar-refractivity contribution in [1.82, 2.24) is 0 Å². The molecule has 2 aromatic heterocycles. The number of nitrogen functional groups attached to an aromatic ring is 1. The van der Waals surface area contributed by atoms with Crippen LogP contribution in [0.2, 0.25) is 0 Å². The second kappa shape index (κ2) is 5.31. The van der Waals surface area contributed by atoms with Gasteiger partial charge in [0.1, 0.15) is 5.82 Å². The fourth-order valence-electron chi connectivity index (χ4n) is 2.17. The maximum absolute atomic E-state index is 14.0. The van der Waals surface area contributed by atoms with Crippen molar-refractivity contribution in [3.63, 3.8) is 0 Å². The lowest BCUT2D eigenvalue weighted by molar-refractivity contribution is -0.137. The summed E-state index contributed by atoms with van der Waals surface area (Å²) in [6.07, 6.45) is -4.65. The van der Waals surface area contributed by atoms with Crippen molar-refractivity contribution in [2.45, 2.75) is 6.18 Å². The molecule has 0 fully saturated rings. The molecule has 0 radical (unpaired) electrons. The van der Waals surface area contributed by atoms with E-state index in [1.54, 1.807) is 17.5 Å². The molecule has 0 bridgehead atoms. The zero-order valence-corrected chi connectivity index (χ0v) is 12.1. The number of benzene rings is 1. The van der Waals surface area contributed by atoms with Crippen LogP contribution in [0, 0.1) is 5.82 Å². The summed E-state index contributed by atoms with van der Waals surface area (Å²) < 4.78 is 57.6. The number of alkyl halides is 3. The molecular weight excluding hydrogens is 334 g/mol. The molecular formula is C15H9F4NO2S. The number of halogens is 4. The van der Waals surface area contributed by atoms with E-state index < -0.39 is 28.9 Å². The highest BCUT2D eigenvalue weighted by atomic mass is 32.1. The Kier molecular flexibility index (Phi) is 3.56. The molecule has 0 aliphatic carbocycles. The normalized spacial score (nSPS) is 11.8. The van der Waals surface area contributed by atoms with Gasteiger partial charge in [0.05, 0.1) is 16.0 Å². The van der Waals surface area contributed by atoms with E-state index >= 15 is 0 Å². The van der Waals surface area contributed by atoms with Gasteiger partial charge in [0.2, 0.25) is 5.88 Å². The van der Waals surface area contributed by atoms with E-state index in [2.05, 4.69) is 0 Å². The molecule has 3 N–H and O–H groups in total. The minimum Gasteiger partial charge on any atom is -0.504 e. The fourth-order valence-corrected chi connectivity index (χ4v) is 2.87. The van der Waals surface area contributed by atoms with Gasteiger partial charge in [0.25, 0.3) is 0 Å². The SMILES string of the molecule is Nc1oc(-c2cccs2)c(O)c1-c1cc(C(F)(F)F)ccc1F. The van der Waals surface area contributed by atoms with E-state index in [9.17, 15) is 22.7 Å². The van der Waals surface area contributed by atoms with Gasteiger partial charge in [-0.25, -0.2) is 4.39 Å². The van der Waals surface area contributed by atoms with Gasteiger partial charge in [-0.15, -0.1) is 11.3 Å². The highest BCUT2D eigenvalue weighted by Crippen LogP contribution is 2.47. The number of hydrogen-bond acceptors (Lipinski definition) is 4. The first-order chi connectivity index (χ1) is 10.8. The molecule has 0 atom stereocenters. The van der Waals surface area contributed by atoms with Gasteiger partial charge in [-0.2, -0.15) is 13.2 Å². The Morgan fingerprint density at radius 3 is 2.52 bits per heavy atom. The second-order valence-electron chi connectivity index (χ2n) is 4.69. The van der Waals surface area contributed by atoms with Crippen LogP contribution in [-0.2, 0) is 6.18 Å². The molecule has 0 saturated carbocycles. The van der Waals surface area contributed by atoms with Crippen molar-refractivity contribution in [3.8, 4) is 27.5 Å². The molecule has 0 aliphatic heterocycles.